The van der Waals surface area contributed by atoms with Gasteiger partial charge in [0.15, 0.2) is 9.84 Å². The van der Waals surface area contributed by atoms with Crippen molar-refractivity contribution >= 4 is 27.3 Å². The zero-order chi connectivity index (χ0) is 20.0. The van der Waals surface area contributed by atoms with Crippen LogP contribution in [0.15, 0.2) is 35.9 Å². The quantitative estimate of drug-likeness (QED) is 0.688. The number of carbonyl (C=O) groups is 1. The molecule has 1 heterocycles. The van der Waals surface area contributed by atoms with Gasteiger partial charge in [-0.15, -0.1) is 0 Å². The molecule has 0 bridgehead atoms. The monoisotopic (exact) mass is 409 g/mol. The minimum absolute atomic E-state index is 0.0553. The van der Waals surface area contributed by atoms with Crippen molar-refractivity contribution in [3.05, 3.63) is 46.5 Å². The number of carbonyl (C=O) groups excluding carboxylic acids is 1. The summed E-state index contributed by atoms with van der Waals surface area (Å²) in [4.78, 5) is 15.3. The van der Waals surface area contributed by atoms with E-state index in [2.05, 4.69) is 19.9 Å². The molecule has 0 spiro atoms. The lowest BCUT2D eigenvalue weighted by atomic mass is 10.1. The van der Waals surface area contributed by atoms with E-state index >= 15 is 0 Å². The molecule has 2 aliphatic rings. The Morgan fingerprint density at radius 2 is 2.04 bits per heavy atom. The molecular formula is C21H28ClNO3S. The second kappa shape index (κ2) is 7.25. The second-order valence-electron chi connectivity index (χ2n) is 8.72. The molecule has 1 aliphatic carbocycles. The Morgan fingerprint density at radius 3 is 2.59 bits per heavy atom. The lowest BCUT2D eigenvalue weighted by molar-refractivity contribution is -0.136. The van der Waals surface area contributed by atoms with Gasteiger partial charge < -0.3 is 4.90 Å². The second-order valence-corrected chi connectivity index (χ2v) is 11.4. The van der Waals surface area contributed by atoms with E-state index in [1.54, 1.807) is 11.0 Å². The van der Waals surface area contributed by atoms with Crippen molar-refractivity contribution in [2.45, 2.75) is 46.7 Å². The molecule has 1 aliphatic heterocycles. The molecule has 3 atom stereocenters. The molecule has 0 N–H and O–H groups in total. The molecule has 0 aromatic heterocycles. The van der Waals surface area contributed by atoms with Crippen LogP contribution < -0.4 is 0 Å². The van der Waals surface area contributed by atoms with Gasteiger partial charge in [0, 0.05) is 17.6 Å². The lowest BCUT2D eigenvalue weighted by Gasteiger charge is -2.29. The fraction of sp³-hybridized carbons (Fsp3) is 0.571. The molecule has 3 rings (SSSR count). The highest BCUT2D eigenvalue weighted by molar-refractivity contribution is 7.91. The summed E-state index contributed by atoms with van der Waals surface area (Å²) < 4.78 is 24.1. The third-order valence-corrected chi connectivity index (χ3v) is 7.85. The largest absolute Gasteiger partial charge is 0.334 e. The summed E-state index contributed by atoms with van der Waals surface area (Å²) in [5, 5.41) is 0.619. The van der Waals surface area contributed by atoms with Crippen LogP contribution in [0.5, 0.6) is 0 Å². The molecule has 0 unspecified atom stereocenters. The Kier molecular flexibility index (Phi) is 5.48. The van der Waals surface area contributed by atoms with E-state index in [4.69, 9.17) is 11.6 Å². The zero-order valence-electron chi connectivity index (χ0n) is 16.4. The van der Waals surface area contributed by atoms with Crippen molar-refractivity contribution in [1.82, 2.24) is 4.90 Å². The Morgan fingerprint density at radius 1 is 1.33 bits per heavy atom. The average Bonchev–Trinajstić information content (AvgIpc) is 2.88. The Bertz CT molecular complexity index is 871. The van der Waals surface area contributed by atoms with E-state index in [1.807, 2.05) is 32.0 Å². The first-order chi connectivity index (χ1) is 12.5. The molecule has 4 nitrogen and oxygen atoms in total. The summed E-state index contributed by atoms with van der Waals surface area (Å²) in [5.41, 5.74) is 2.03. The maximum absolute atomic E-state index is 13.5. The molecule has 1 aromatic carbocycles. The molecule has 1 saturated carbocycles. The minimum Gasteiger partial charge on any atom is -0.334 e. The van der Waals surface area contributed by atoms with Gasteiger partial charge >= 0.3 is 0 Å². The van der Waals surface area contributed by atoms with E-state index in [1.165, 1.54) is 5.57 Å². The van der Waals surface area contributed by atoms with Crippen LogP contribution in [0.1, 0.15) is 39.7 Å². The zero-order valence-corrected chi connectivity index (χ0v) is 18.0. The molecule has 6 heteroatoms. The van der Waals surface area contributed by atoms with Crippen LogP contribution in [0.25, 0.3) is 0 Å². The molecule has 1 saturated heterocycles. The van der Waals surface area contributed by atoms with Crippen LogP contribution in [-0.2, 0) is 21.2 Å². The highest BCUT2D eigenvalue weighted by Crippen LogP contribution is 2.60. The van der Waals surface area contributed by atoms with Crippen LogP contribution in [-0.4, -0.2) is 36.8 Å². The van der Waals surface area contributed by atoms with Crippen LogP contribution in [0.3, 0.4) is 0 Å². The predicted octanol–water partition coefficient (Wildman–Crippen LogP) is 4.09. The predicted molar refractivity (Wildman–Crippen MR) is 109 cm³/mol. The van der Waals surface area contributed by atoms with E-state index in [0.29, 0.717) is 18.0 Å². The van der Waals surface area contributed by atoms with E-state index < -0.39 is 9.84 Å². The lowest BCUT2D eigenvalue weighted by Crippen LogP contribution is -2.42. The number of sulfone groups is 1. The minimum atomic E-state index is -3.07. The van der Waals surface area contributed by atoms with Gasteiger partial charge in [-0.3, -0.25) is 4.79 Å². The van der Waals surface area contributed by atoms with Crippen molar-refractivity contribution in [1.29, 1.82) is 0 Å². The van der Waals surface area contributed by atoms with Crippen LogP contribution in [0.4, 0.5) is 0 Å². The van der Waals surface area contributed by atoms with Crippen LogP contribution >= 0.6 is 11.6 Å². The highest BCUT2D eigenvalue weighted by Gasteiger charge is 2.61. The summed E-state index contributed by atoms with van der Waals surface area (Å²) in [6, 6.07) is 7.17. The highest BCUT2D eigenvalue weighted by atomic mass is 35.5. The molecule has 1 amide bonds. The standard InChI is InChI=1S/C21H28ClNO3S/c1-14(2)10-18-19(21(18,3)4)20(24)23(17-8-9-27(25,26)13-17)12-15-6-5-7-16(22)11-15/h5-7,10-11,17-19H,8-9,12-13H2,1-4H3/t17-,18-,19-/m1/s1. The number of rotatable bonds is 5. The van der Waals surface area contributed by atoms with Crippen molar-refractivity contribution in [3.63, 3.8) is 0 Å². The Labute approximate surface area is 167 Å². The van der Waals surface area contributed by atoms with Gasteiger partial charge in [-0.2, -0.15) is 0 Å². The number of halogens is 1. The van der Waals surface area contributed by atoms with Crippen LogP contribution in [0.2, 0.25) is 5.02 Å². The van der Waals surface area contributed by atoms with Crippen LogP contribution in [0, 0.1) is 17.3 Å². The molecule has 27 heavy (non-hydrogen) atoms. The average molecular weight is 410 g/mol. The fourth-order valence-electron chi connectivity index (χ4n) is 4.24. The first kappa shape index (κ1) is 20.4. The van der Waals surface area contributed by atoms with Gasteiger partial charge in [-0.05, 0) is 49.3 Å². The van der Waals surface area contributed by atoms with Gasteiger partial charge in [0.25, 0.3) is 0 Å². The molecule has 2 fully saturated rings. The number of hydrogen-bond acceptors (Lipinski definition) is 3. The van der Waals surface area contributed by atoms with E-state index in [-0.39, 0.29) is 40.7 Å². The van der Waals surface area contributed by atoms with E-state index in [9.17, 15) is 13.2 Å². The summed E-state index contributed by atoms with van der Waals surface area (Å²) in [7, 11) is -3.07. The number of nitrogens with zero attached hydrogens (tertiary/aromatic N) is 1. The smallest absolute Gasteiger partial charge is 0.227 e. The SMILES string of the molecule is CC(C)=C[C@@H]1[C@H](C(=O)N(Cc2cccc(Cl)c2)[C@@H]2CCS(=O)(=O)C2)C1(C)C. The molecule has 148 valence electrons. The van der Waals surface area contributed by atoms with Gasteiger partial charge in [-0.1, -0.05) is 49.2 Å². The maximum atomic E-state index is 13.5. The first-order valence-electron chi connectivity index (χ1n) is 9.41. The third-order valence-electron chi connectivity index (χ3n) is 5.86. The Hall–Kier alpha value is -1.33. The van der Waals surface area contributed by atoms with Crippen molar-refractivity contribution in [3.8, 4) is 0 Å². The fourth-order valence-corrected chi connectivity index (χ4v) is 6.18. The summed E-state index contributed by atoms with van der Waals surface area (Å²) in [6.45, 7) is 8.71. The number of allylic oxidation sites excluding steroid dienone is 2. The Balaban J connectivity index is 1.88. The van der Waals surface area contributed by atoms with Crippen molar-refractivity contribution in [2.75, 3.05) is 11.5 Å². The molecule has 1 aromatic rings. The third kappa shape index (κ3) is 4.40. The van der Waals surface area contributed by atoms with Gasteiger partial charge in [0.05, 0.1) is 17.4 Å². The normalized spacial score (nSPS) is 27.8. The van der Waals surface area contributed by atoms with Crippen molar-refractivity contribution in [2.24, 2.45) is 17.3 Å². The van der Waals surface area contributed by atoms with Gasteiger partial charge in [0.1, 0.15) is 0 Å². The first-order valence-corrected chi connectivity index (χ1v) is 11.6. The number of amides is 1. The summed E-state index contributed by atoms with van der Waals surface area (Å²) in [5.74, 6) is 0.372. The summed E-state index contributed by atoms with van der Waals surface area (Å²) >= 11 is 6.11. The van der Waals surface area contributed by atoms with Gasteiger partial charge in [0.2, 0.25) is 5.91 Å². The van der Waals surface area contributed by atoms with Gasteiger partial charge in [-0.25, -0.2) is 8.42 Å². The number of hydrogen-bond donors (Lipinski definition) is 0. The topological polar surface area (TPSA) is 54.5 Å². The molecular weight excluding hydrogens is 382 g/mol. The summed E-state index contributed by atoms with van der Waals surface area (Å²) in [6.07, 6.45) is 2.68. The van der Waals surface area contributed by atoms with E-state index in [0.717, 1.165) is 5.56 Å². The maximum Gasteiger partial charge on any atom is 0.227 e. The number of benzene rings is 1. The van der Waals surface area contributed by atoms with Crippen molar-refractivity contribution < 1.29 is 13.2 Å². The molecule has 0 radical (unpaired) electrons.